The molecule has 7 heteroatoms. The summed E-state index contributed by atoms with van der Waals surface area (Å²) in [6, 6.07) is 7.87. The first-order chi connectivity index (χ1) is 8.93. The highest BCUT2D eigenvalue weighted by atomic mass is 32.2. The van der Waals surface area contributed by atoms with Crippen molar-refractivity contribution < 1.29 is 18.3 Å². The fourth-order valence-corrected chi connectivity index (χ4v) is 3.36. The number of rotatable bonds is 4. The van der Waals surface area contributed by atoms with E-state index < -0.39 is 10.0 Å². The van der Waals surface area contributed by atoms with E-state index in [1.807, 2.05) is 0 Å². The van der Waals surface area contributed by atoms with Crippen LogP contribution in [-0.4, -0.2) is 19.3 Å². The number of carbonyl (C=O) groups is 1. The quantitative estimate of drug-likeness (QED) is 0.826. The first kappa shape index (κ1) is 13.9. The van der Waals surface area contributed by atoms with Crippen molar-refractivity contribution in [3.63, 3.8) is 0 Å². The van der Waals surface area contributed by atoms with Crippen molar-refractivity contribution in [3.8, 4) is 0 Å². The minimum Gasteiger partial charge on any atom is -0.392 e. The van der Waals surface area contributed by atoms with Gasteiger partial charge in [-0.15, -0.1) is 11.3 Å². The lowest BCUT2D eigenvalue weighted by Gasteiger charge is -2.04. The molecule has 0 radical (unpaired) electrons. The number of aliphatic hydroxyl groups excluding tert-OH is 1. The summed E-state index contributed by atoms with van der Waals surface area (Å²) in [5.41, 5.74) is 0.853. The Bertz CT molecular complexity index is 719. The molecule has 1 aromatic heterocycles. The number of hydrogen-bond donors (Lipinski definition) is 2. The Hall–Kier alpha value is -1.54. The minimum absolute atomic E-state index is 0.0812. The number of thiophene rings is 1. The minimum atomic E-state index is -3.80. The number of hydrogen-bond acceptors (Lipinski definition) is 5. The SMILES string of the molecule is NS(=O)(=O)c1csc(C(=O)c2ccccc2CO)c1. The standard InChI is InChI=1S/C12H11NO4S2/c13-19(16,17)9-5-11(18-7-9)12(15)10-4-2-1-3-8(10)6-14/h1-5,7,14H,6H2,(H2,13,16,17). The molecule has 0 atom stereocenters. The third kappa shape index (κ3) is 2.90. The normalized spacial score (nSPS) is 11.5. The largest absolute Gasteiger partial charge is 0.392 e. The van der Waals surface area contributed by atoms with Crippen LogP contribution in [0.5, 0.6) is 0 Å². The summed E-state index contributed by atoms with van der Waals surface area (Å²) in [6.45, 7) is -0.255. The molecule has 0 aliphatic heterocycles. The van der Waals surface area contributed by atoms with Crippen LogP contribution in [0.2, 0.25) is 0 Å². The molecule has 1 aromatic carbocycles. The summed E-state index contributed by atoms with van der Waals surface area (Å²) >= 11 is 1.01. The Labute approximate surface area is 114 Å². The van der Waals surface area contributed by atoms with Crippen molar-refractivity contribution in [2.75, 3.05) is 0 Å². The lowest BCUT2D eigenvalue weighted by Crippen LogP contribution is -2.11. The smallest absolute Gasteiger partial charge is 0.238 e. The van der Waals surface area contributed by atoms with Crippen LogP contribution in [0.4, 0.5) is 0 Å². The van der Waals surface area contributed by atoms with Crippen LogP contribution in [0.1, 0.15) is 20.8 Å². The van der Waals surface area contributed by atoms with E-state index >= 15 is 0 Å². The number of ketones is 1. The van der Waals surface area contributed by atoms with Crippen LogP contribution in [0.25, 0.3) is 0 Å². The van der Waals surface area contributed by atoms with Gasteiger partial charge >= 0.3 is 0 Å². The van der Waals surface area contributed by atoms with Gasteiger partial charge in [0, 0.05) is 10.9 Å². The van der Waals surface area contributed by atoms with E-state index in [1.165, 1.54) is 11.4 Å². The maximum Gasteiger partial charge on any atom is 0.238 e. The molecule has 0 unspecified atom stereocenters. The van der Waals surface area contributed by atoms with Gasteiger partial charge in [0.05, 0.1) is 16.4 Å². The van der Waals surface area contributed by atoms with E-state index in [0.717, 1.165) is 11.3 Å². The Morgan fingerprint density at radius 3 is 2.58 bits per heavy atom. The van der Waals surface area contributed by atoms with Gasteiger partial charge in [-0.05, 0) is 11.6 Å². The second kappa shape index (κ2) is 5.22. The van der Waals surface area contributed by atoms with Crippen molar-refractivity contribution in [2.24, 2.45) is 5.14 Å². The lowest BCUT2D eigenvalue weighted by molar-refractivity contribution is 0.103. The molecule has 100 valence electrons. The van der Waals surface area contributed by atoms with Gasteiger partial charge in [-0.3, -0.25) is 4.79 Å². The highest BCUT2D eigenvalue weighted by Gasteiger charge is 2.18. The molecule has 0 saturated heterocycles. The average molecular weight is 297 g/mol. The highest BCUT2D eigenvalue weighted by molar-refractivity contribution is 7.89. The molecule has 3 N–H and O–H groups in total. The number of sulfonamides is 1. The molecular formula is C12H11NO4S2. The highest BCUT2D eigenvalue weighted by Crippen LogP contribution is 2.22. The molecule has 0 bridgehead atoms. The molecule has 2 rings (SSSR count). The van der Waals surface area contributed by atoms with E-state index in [4.69, 9.17) is 5.14 Å². The molecule has 2 aromatic rings. The summed E-state index contributed by atoms with van der Waals surface area (Å²) in [5.74, 6) is -0.329. The van der Waals surface area contributed by atoms with Gasteiger partial charge < -0.3 is 5.11 Å². The van der Waals surface area contributed by atoms with Crippen molar-refractivity contribution >= 4 is 27.1 Å². The lowest BCUT2D eigenvalue weighted by atomic mass is 10.0. The summed E-state index contributed by atoms with van der Waals surface area (Å²) in [5, 5.41) is 15.5. The topological polar surface area (TPSA) is 97.5 Å². The molecule has 19 heavy (non-hydrogen) atoms. The van der Waals surface area contributed by atoms with E-state index in [2.05, 4.69) is 0 Å². The molecule has 5 nitrogen and oxygen atoms in total. The maximum atomic E-state index is 12.2. The number of primary sulfonamides is 1. The van der Waals surface area contributed by atoms with Crippen LogP contribution >= 0.6 is 11.3 Å². The molecule has 0 aliphatic carbocycles. The molecular weight excluding hydrogens is 286 g/mol. The molecule has 1 heterocycles. The van der Waals surface area contributed by atoms with Crippen molar-refractivity contribution in [3.05, 3.63) is 51.7 Å². The van der Waals surface area contributed by atoms with Crippen LogP contribution in [0, 0.1) is 0 Å². The zero-order valence-corrected chi connectivity index (χ0v) is 11.4. The van der Waals surface area contributed by atoms with E-state index in [0.29, 0.717) is 11.1 Å². The first-order valence-electron chi connectivity index (χ1n) is 5.28. The van der Waals surface area contributed by atoms with Crippen LogP contribution < -0.4 is 5.14 Å². The van der Waals surface area contributed by atoms with Crippen molar-refractivity contribution in [1.82, 2.24) is 0 Å². The fourth-order valence-electron chi connectivity index (χ4n) is 1.60. The van der Waals surface area contributed by atoms with E-state index in [9.17, 15) is 18.3 Å². The van der Waals surface area contributed by atoms with Gasteiger partial charge in [0.2, 0.25) is 15.8 Å². The zero-order valence-electron chi connectivity index (χ0n) is 9.74. The van der Waals surface area contributed by atoms with Crippen LogP contribution in [0.15, 0.2) is 40.6 Å². The molecule has 0 aliphatic rings. The maximum absolute atomic E-state index is 12.2. The summed E-state index contributed by atoms with van der Waals surface area (Å²) < 4.78 is 22.3. The molecule has 0 spiro atoms. The van der Waals surface area contributed by atoms with Gasteiger partial charge in [0.15, 0.2) is 0 Å². The molecule has 0 saturated carbocycles. The van der Waals surface area contributed by atoms with Gasteiger partial charge in [-0.2, -0.15) is 0 Å². The second-order valence-corrected chi connectivity index (χ2v) is 6.31. The van der Waals surface area contributed by atoms with Crippen molar-refractivity contribution in [1.29, 1.82) is 0 Å². The average Bonchev–Trinajstić information content (AvgIpc) is 2.87. The first-order valence-corrected chi connectivity index (χ1v) is 7.71. The second-order valence-electron chi connectivity index (χ2n) is 3.84. The number of carbonyl (C=O) groups excluding carboxylic acids is 1. The number of benzene rings is 1. The summed E-state index contributed by atoms with van der Waals surface area (Å²) in [7, 11) is -3.80. The fraction of sp³-hybridized carbons (Fsp3) is 0.0833. The molecule has 0 amide bonds. The predicted octanol–water partition coefficient (Wildman–Crippen LogP) is 1.12. The summed E-state index contributed by atoms with van der Waals surface area (Å²) in [6.07, 6.45) is 0. The predicted molar refractivity (Wildman–Crippen MR) is 71.5 cm³/mol. The van der Waals surface area contributed by atoms with Gasteiger partial charge in [0.1, 0.15) is 0 Å². The van der Waals surface area contributed by atoms with E-state index in [-0.39, 0.29) is 22.2 Å². The monoisotopic (exact) mass is 297 g/mol. The van der Waals surface area contributed by atoms with E-state index in [1.54, 1.807) is 24.3 Å². The Balaban J connectivity index is 2.42. The number of nitrogens with two attached hydrogens (primary N) is 1. The van der Waals surface area contributed by atoms with Crippen molar-refractivity contribution in [2.45, 2.75) is 11.5 Å². The summed E-state index contributed by atoms with van der Waals surface area (Å²) in [4.78, 5) is 12.4. The van der Waals surface area contributed by atoms with Gasteiger partial charge in [-0.25, -0.2) is 13.6 Å². The third-order valence-electron chi connectivity index (χ3n) is 2.56. The third-order valence-corrected chi connectivity index (χ3v) is 4.53. The Kier molecular flexibility index (Phi) is 3.81. The number of aliphatic hydroxyl groups is 1. The van der Waals surface area contributed by atoms with Gasteiger partial charge in [0.25, 0.3) is 0 Å². The Morgan fingerprint density at radius 2 is 2.00 bits per heavy atom. The van der Waals surface area contributed by atoms with Crippen LogP contribution in [0.3, 0.4) is 0 Å². The van der Waals surface area contributed by atoms with Gasteiger partial charge in [-0.1, -0.05) is 24.3 Å². The zero-order chi connectivity index (χ0) is 14.0. The van der Waals surface area contributed by atoms with Crippen LogP contribution in [-0.2, 0) is 16.6 Å². The Morgan fingerprint density at radius 1 is 1.32 bits per heavy atom. The molecule has 0 fully saturated rings.